The second kappa shape index (κ2) is 8.84. The minimum atomic E-state index is -1.73. The third-order valence-electron chi connectivity index (χ3n) is 4.73. The molecule has 1 saturated heterocycles. The Morgan fingerprint density at radius 2 is 2.19 bits per heavy atom. The highest BCUT2D eigenvalue weighted by molar-refractivity contribution is 6.20. The second-order valence-corrected chi connectivity index (χ2v) is 7.19. The molecule has 144 valence electrons. The van der Waals surface area contributed by atoms with Crippen molar-refractivity contribution in [1.29, 1.82) is 0 Å². The average molecular weight is 385 g/mol. The molecule has 1 heterocycles. The zero-order valence-electron chi connectivity index (χ0n) is 14.9. The lowest BCUT2D eigenvalue weighted by atomic mass is 9.87. The van der Waals surface area contributed by atoms with Gasteiger partial charge in [-0.1, -0.05) is 18.7 Å². The Morgan fingerprint density at radius 1 is 1.46 bits per heavy atom. The fourth-order valence-corrected chi connectivity index (χ4v) is 3.09. The van der Waals surface area contributed by atoms with Gasteiger partial charge in [0, 0.05) is 17.9 Å². The summed E-state index contributed by atoms with van der Waals surface area (Å²) in [5, 5.41) is 19.4. The number of alkyl halides is 1. The SMILES string of the molecule is C=C1C(=O)OC2CC(CO)=CCCC(COC(=O)C(C)(O)CCl)=CCC12. The van der Waals surface area contributed by atoms with Gasteiger partial charge in [-0.15, -0.1) is 11.6 Å². The summed E-state index contributed by atoms with van der Waals surface area (Å²) < 4.78 is 10.6. The van der Waals surface area contributed by atoms with Gasteiger partial charge in [0.05, 0.1) is 12.5 Å². The molecule has 1 fully saturated rings. The first-order chi connectivity index (χ1) is 12.3. The quantitative estimate of drug-likeness (QED) is 0.326. The molecule has 7 heteroatoms. The lowest BCUT2D eigenvalue weighted by Gasteiger charge is -2.21. The van der Waals surface area contributed by atoms with Crippen LogP contribution in [0.1, 0.15) is 32.6 Å². The Hall–Kier alpha value is -1.63. The lowest BCUT2D eigenvalue weighted by Crippen LogP contribution is -2.39. The first-order valence-corrected chi connectivity index (χ1v) is 9.14. The molecule has 3 atom stereocenters. The average Bonchev–Trinajstić information content (AvgIpc) is 2.89. The van der Waals surface area contributed by atoms with Gasteiger partial charge in [-0.05, 0) is 37.3 Å². The highest BCUT2D eigenvalue weighted by atomic mass is 35.5. The van der Waals surface area contributed by atoms with Crippen molar-refractivity contribution in [2.75, 3.05) is 19.1 Å². The molecule has 0 bridgehead atoms. The summed E-state index contributed by atoms with van der Waals surface area (Å²) in [6.07, 6.45) is 5.84. The number of aliphatic hydroxyl groups is 2. The van der Waals surface area contributed by atoms with E-state index in [1.54, 1.807) is 0 Å². The molecule has 0 aromatic rings. The van der Waals surface area contributed by atoms with E-state index in [0.29, 0.717) is 31.3 Å². The maximum absolute atomic E-state index is 11.9. The molecule has 1 aliphatic carbocycles. The Labute approximate surface area is 158 Å². The predicted molar refractivity (Wildman–Crippen MR) is 96.5 cm³/mol. The van der Waals surface area contributed by atoms with Crippen molar-refractivity contribution in [3.8, 4) is 0 Å². The summed E-state index contributed by atoms with van der Waals surface area (Å²) in [6, 6.07) is 0. The molecule has 0 amide bonds. The van der Waals surface area contributed by atoms with E-state index in [2.05, 4.69) is 6.58 Å². The number of halogens is 1. The van der Waals surface area contributed by atoms with Gasteiger partial charge in [-0.25, -0.2) is 9.59 Å². The first-order valence-electron chi connectivity index (χ1n) is 8.60. The number of rotatable bonds is 5. The number of carbonyl (C=O) groups excluding carboxylic acids is 2. The van der Waals surface area contributed by atoms with Gasteiger partial charge < -0.3 is 19.7 Å². The summed E-state index contributed by atoms with van der Waals surface area (Å²) in [5.41, 5.74) is 0.370. The second-order valence-electron chi connectivity index (χ2n) is 6.92. The number of aliphatic hydroxyl groups excluding tert-OH is 1. The predicted octanol–water partition coefficient (Wildman–Crippen LogP) is 2.04. The summed E-state index contributed by atoms with van der Waals surface area (Å²) >= 11 is 5.57. The van der Waals surface area contributed by atoms with Crippen LogP contribution >= 0.6 is 11.6 Å². The van der Waals surface area contributed by atoms with Gasteiger partial charge in [0.1, 0.15) is 12.7 Å². The Balaban J connectivity index is 2.12. The van der Waals surface area contributed by atoms with Crippen molar-refractivity contribution in [2.45, 2.75) is 44.3 Å². The van der Waals surface area contributed by atoms with Crippen LogP contribution in [0.4, 0.5) is 0 Å². The van der Waals surface area contributed by atoms with Crippen LogP contribution < -0.4 is 0 Å². The molecule has 0 saturated carbocycles. The van der Waals surface area contributed by atoms with Gasteiger partial charge >= 0.3 is 11.9 Å². The molecule has 6 nitrogen and oxygen atoms in total. The molecule has 1 aliphatic heterocycles. The van der Waals surface area contributed by atoms with Crippen LogP contribution in [0.3, 0.4) is 0 Å². The van der Waals surface area contributed by atoms with Crippen LogP contribution in [-0.4, -0.2) is 53.0 Å². The van der Waals surface area contributed by atoms with E-state index < -0.39 is 17.5 Å². The highest BCUT2D eigenvalue weighted by Gasteiger charge is 2.38. The highest BCUT2D eigenvalue weighted by Crippen LogP contribution is 2.34. The molecule has 0 radical (unpaired) electrons. The fraction of sp³-hybridized carbons (Fsp3) is 0.579. The van der Waals surface area contributed by atoms with Gasteiger partial charge in [-0.2, -0.15) is 0 Å². The standard InChI is InChI=1S/C19H25ClO6/c1-12-15-7-6-13(10-25-18(23)19(2,24)11-20)4-3-5-14(9-21)8-16(15)26-17(12)22/h5-6,15-16,21,24H,1,3-4,7-11H2,2H3. The Kier molecular flexibility index (Phi) is 7.03. The number of carbonyl (C=O) groups is 2. The third-order valence-corrected chi connectivity index (χ3v) is 5.25. The largest absolute Gasteiger partial charge is 0.459 e. The van der Waals surface area contributed by atoms with E-state index in [-0.39, 0.29) is 31.1 Å². The minimum Gasteiger partial charge on any atom is -0.459 e. The molecule has 3 unspecified atom stereocenters. The van der Waals surface area contributed by atoms with Gasteiger partial charge in [-0.3, -0.25) is 0 Å². The third kappa shape index (κ3) is 4.96. The Bertz CT molecular complexity index is 634. The fourth-order valence-electron chi connectivity index (χ4n) is 2.98. The normalized spacial score (nSPS) is 26.2. The number of fused-ring (bicyclic) bond motifs is 1. The number of esters is 2. The number of hydrogen-bond donors (Lipinski definition) is 2. The zero-order chi connectivity index (χ0) is 19.3. The van der Waals surface area contributed by atoms with Crippen molar-refractivity contribution in [3.63, 3.8) is 0 Å². The minimum absolute atomic E-state index is 0.0346. The maximum atomic E-state index is 11.9. The van der Waals surface area contributed by atoms with Crippen LogP contribution in [0.15, 0.2) is 35.5 Å². The van der Waals surface area contributed by atoms with E-state index >= 15 is 0 Å². The number of hydrogen-bond acceptors (Lipinski definition) is 6. The molecule has 2 aliphatic rings. The van der Waals surface area contributed by atoms with Crippen molar-refractivity contribution >= 4 is 23.5 Å². The summed E-state index contributed by atoms with van der Waals surface area (Å²) in [6.45, 7) is 5.06. The van der Waals surface area contributed by atoms with Crippen LogP contribution in [-0.2, 0) is 19.1 Å². The molecule has 26 heavy (non-hydrogen) atoms. The van der Waals surface area contributed by atoms with Crippen LogP contribution in [0.2, 0.25) is 0 Å². The smallest absolute Gasteiger partial charge is 0.339 e. The van der Waals surface area contributed by atoms with E-state index in [1.807, 2.05) is 12.2 Å². The van der Waals surface area contributed by atoms with Crippen molar-refractivity contribution in [1.82, 2.24) is 0 Å². The maximum Gasteiger partial charge on any atom is 0.339 e. The lowest BCUT2D eigenvalue weighted by molar-refractivity contribution is -0.160. The van der Waals surface area contributed by atoms with Crippen LogP contribution in [0.25, 0.3) is 0 Å². The van der Waals surface area contributed by atoms with Gasteiger partial charge in [0.2, 0.25) is 0 Å². The first kappa shape index (κ1) is 20.7. The van der Waals surface area contributed by atoms with E-state index in [0.717, 1.165) is 11.1 Å². The monoisotopic (exact) mass is 384 g/mol. The van der Waals surface area contributed by atoms with Crippen molar-refractivity contribution in [2.24, 2.45) is 5.92 Å². The van der Waals surface area contributed by atoms with Gasteiger partial charge in [0.25, 0.3) is 0 Å². The van der Waals surface area contributed by atoms with Crippen LogP contribution in [0.5, 0.6) is 0 Å². The zero-order valence-corrected chi connectivity index (χ0v) is 15.6. The summed E-state index contributed by atoms with van der Waals surface area (Å²) in [7, 11) is 0. The molecule has 0 aromatic heterocycles. The molecular weight excluding hydrogens is 360 g/mol. The van der Waals surface area contributed by atoms with Crippen LogP contribution in [0, 0.1) is 5.92 Å². The molecule has 2 rings (SSSR count). The number of ether oxygens (including phenoxy) is 2. The van der Waals surface area contributed by atoms with E-state index in [1.165, 1.54) is 6.92 Å². The van der Waals surface area contributed by atoms with Crippen molar-refractivity contribution in [3.05, 3.63) is 35.5 Å². The summed E-state index contributed by atoms with van der Waals surface area (Å²) in [4.78, 5) is 23.7. The molecule has 0 spiro atoms. The Morgan fingerprint density at radius 3 is 2.85 bits per heavy atom. The van der Waals surface area contributed by atoms with Gasteiger partial charge in [0.15, 0.2) is 5.60 Å². The van der Waals surface area contributed by atoms with E-state index in [4.69, 9.17) is 21.1 Å². The van der Waals surface area contributed by atoms with E-state index in [9.17, 15) is 19.8 Å². The molecular formula is C19H25ClO6. The molecule has 2 N–H and O–H groups in total. The summed E-state index contributed by atoms with van der Waals surface area (Å²) in [5.74, 6) is -1.61. The molecule has 0 aromatic carbocycles. The number of allylic oxidation sites excluding steroid dienone is 2. The van der Waals surface area contributed by atoms with Crippen molar-refractivity contribution < 1.29 is 29.3 Å². The topological polar surface area (TPSA) is 93.1 Å².